The van der Waals surface area contributed by atoms with Gasteiger partial charge in [0.1, 0.15) is 5.82 Å². The van der Waals surface area contributed by atoms with Crippen LogP contribution in [0.2, 0.25) is 0 Å². The summed E-state index contributed by atoms with van der Waals surface area (Å²) in [4.78, 5) is 19.5. The number of hydrogen-bond acceptors (Lipinski definition) is 3. The Morgan fingerprint density at radius 3 is 2.85 bits per heavy atom. The van der Waals surface area contributed by atoms with Gasteiger partial charge in [0.15, 0.2) is 0 Å². The number of imidazole rings is 1. The molecular weight excluding hydrogens is 277 g/mol. The Kier molecular flexibility index (Phi) is 5.61. The molecule has 0 saturated carbocycles. The molecule has 0 saturated heterocycles. The van der Waals surface area contributed by atoms with E-state index in [1.54, 1.807) is 36.4 Å². The third-order valence-electron chi connectivity index (χ3n) is 2.68. The summed E-state index contributed by atoms with van der Waals surface area (Å²) in [5.41, 5.74) is 1.01. The zero-order chi connectivity index (χ0) is 14.2. The predicted molar refractivity (Wildman–Crippen MR) is 77.0 cm³/mol. The van der Waals surface area contributed by atoms with Gasteiger partial charge in [-0.1, -0.05) is 0 Å². The van der Waals surface area contributed by atoms with E-state index in [2.05, 4.69) is 15.3 Å². The number of aromatic nitrogens is 2. The lowest BCUT2D eigenvalue weighted by Gasteiger charge is -2.04. The number of halogens is 1. The topological polar surface area (TPSA) is 57.8 Å². The van der Waals surface area contributed by atoms with Crippen LogP contribution in [0.3, 0.4) is 0 Å². The molecule has 4 nitrogen and oxygen atoms in total. The Labute approximate surface area is 121 Å². The zero-order valence-corrected chi connectivity index (χ0v) is 11.8. The molecule has 0 bridgehead atoms. The number of benzene rings is 1. The van der Waals surface area contributed by atoms with E-state index in [0.717, 1.165) is 17.0 Å². The minimum Gasteiger partial charge on any atom is -0.356 e. The number of aromatic amines is 1. The van der Waals surface area contributed by atoms with Crippen LogP contribution in [-0.2, 0) is 11.2 Å². The van der Waals surface area contributed by atoms with Gasteiger partial charge in [-0.25, -0.2) is 9.37 Å². The molecule has 20 heavy (non-hydrogen) atoms. The van der Waals surface area contributed by atoms with Gasteiger partial charge in [0.2, 0.25) is 5.91 Å². The number of rotatable bonds is 7. The number of nitrogens with one attached hydrogen (secondary N) is 2. The molecule has 0 aliphatic carbocycles. The van der Waals surface area contributed by atoms with Crippen LogP contribution in [-0.4, -0.2) is 28.2 Å². The lowest BCUT2D eigenvalue weighted by molar-refractivity contribution is -0.120. The van der Waals surface area contributed by atoms with Crippen molar-refractivity contribution in [3.63, 3.8) is 0 Å². The summed E-state index contributed by atoms with van der Waals surface area (Å²) in [7, 11) is 0. The van der Waals surface area contributed by atoms with E-state index in [1.807, 2.05) is 0 Å². The first-order valence-corrected chi connectivity index (χ1v) is 7.35. The second-order valence-corrected chi connectivity index (χ2v) is 5.40. The summed E-state index contributed by atoms with van der Waals surface area (Å²) in [5.74, 6) is 0.464. The number of carbonyl (C=O) groups is 1. The van der Waals surface area contributed by atoms with Crippen molar-refractivity contribution in [1.29, 1.82) is 0 Å². The van der Waals surface area contributed by atoms with Gasteiger partial charge in [0.25, 0.3) is 0 Å². The lowest BCUT2D eigenvalue weighted by Crippen LogP contribution is -2.25. The summed E-state index contributed by atoms with van der Waals surface area (Å²) in [6.45, 7) is 0.599. The highest BCUT2D eigenvalue weighted by Gasteiger charge is 2.02. The second kappa shape index (κ2) is 7.69. The van der Waals surface area contributed by atoms with Crippen LogP contribution in [0, 0.1) is 5.82 Å². The van der Waals surface area contributed by atoms with Crippen LogP contribution in [0.4, 0.5) is 4.39 Å². The highest BCUT2D eigenvalue weighted by Crippen LogP contribution is 2.18. The Morgan fingerprint density at radius 2 is 2.15 bits per heavy atom. The van der Waals surface area contributed by atoms with Crippen LogP contribution in [0.5, 0.6) is 0 Å². The van der Waals surface area contributed by atoms with Crippen molar-refractivity contribution in [1.82, 2.24) is 15.3 Å². The normalized spacial score (nSPS) is 10.4. The number of hydrogen-bond donors (Lipinski definition) is 2. The van der Waals surface area contributed by atoms with E-state index < -0.39 is 0 Å². The first-order chi connectivity index (χ1) is 9.74. The van der Waals surface area contributed by atoms with E-state index in [-0.39, 0.29) is 11.7 Å². The summed E-state index contributed by atoms with van der Waals surface area (Å²) in [6, 6.07) is 6.28. The molecule has 2 aromatic rings. The van der Waals surface area contributed by atoms with Crippen molar-refractivity contribution in [3.05, 3.63) is 48.3 Å². The predicted octanol–water partition coefficient (Wildman–Crippen LogP) is 2.39. The zero-order valence-electron chi connectivity index (χ0n) is 10.9. The van der Waals surface area contributed by atoms with Crippen LogP contribution < -0.4 is 5.32 Å². The molecule has 1 aromatic heterocycles. The molecule has 0 atom stereocenters. The minimum atomic E-state index is -0.245. The molecule has 0 aliphatic rings. The molecule has 0 radical (unpaired) electrons. The minimum absolute atomic E-state index is 0.0270. The van der Waals surface area contributed by atoms with Gasteiger partial charge >= 0.3 is 0 Å². The smallest absolute Gasteiger partial charge is 0.220 e. The van der Waals surface area contributed by atoms with Gasteiger partial charge in [0.05, 0.1) is 6.33 Å². The van der Waals surface area contributed by atoms with E-state index >= 15 is 0 Å². The quantitative estimate of drug-likeness (QED) is 0.771. The average molecular weight is 293 g/mol. The van der Waals surface area contributed by atoms with Gasteiger partial charge < -0.3 is 10.3 Å². The maximum Gasteiger partial charge on any atom is 0.220 e. The van der Waals surface area contributed by atoms with E-state index in [9.17, 15) is 9.18 Å². The molecular formula is C14H16FN3OS. The van der Waals surface area contributed by atoms with Crippen molar-refractivity contribution < 1.29 is 9.18 Å². The van der Waals surface area contributed by atoms with Gasteiger partial charge in [0, 0.05) is 41.9 Å². The van der Waals surface area contributed by atoms with Crippen molar-refractivity contribution in [3.8, 4) is 0 Å². The number of carbonyl (C=O) groups excluding carboxylic acids is 1. The largest absolute Gasteiger partial charge is 0.356 e. The molecule has 1 amide bonds. The Balaban J connectivity index is 1.59. The van der Waals surface area contributed by atoms with E-state index in [4.69, 9.17) is 0 Å². The molecule has 0 unspecified atom stereocenters. The Bertz CT molecular complexity index is 528. The fraction of sp³-hybridized carbons (Fsp3) is 0.286. The highest BCUT2D eigenvalue weighted by atomic mass is 32.2. The molecule has 0 fully saturated rings. The van der Waals surface area contributed by atoms with Gasteiger partial charge in [-0.3, -0.25) is 4.79 Å². The van der Waals surface area contributed by atoms with Crippen molar-refractivity contribution in [2.24, 2.45) is 0 Å². The number of thioether (sulfide) groups is 1. The standard InChI is InChI=1S/C14H16FN3OS/c15-11-1-3-13(4-2-11)20-8-6-14(19)17-7-5-12-9-16-10-18-12/h1-4,9-10H,5-8H2,(H,16,18)(H,17,19). The van der Waals surface area contributed by atoms with Crippen LogP contribution in [0.15, 0.2) is 41.7 Å². The summed E-state index contributed by atoms with van der Waals surface area (Å²) in [5, 5.41) is 2.86. The first-order valence-electron chi connectivity index (χ1n) is 6.36. The molecule has 106 valence electrons. The van der Waals surface area contributed by atoms with Crippen LogP contribution in [0.1, 0.15) is 12.1 Å². The monoisotopic (exact) mass is 293 g/mol. The van der Waals surface area contributed by atoms with Crippen molar-refractivity contribution in [2.75, 3.05) is 12.3 Å². The molecule has 2 N–H and O–H groups in total. The molecule has 0 aliphatic heterocycles. The lowest BCUT2D eigenvalue weighted by atomic mass is 10.3. The summed E-state index contributed by atoms with van der Waals surface area (Å²) < 4.78 is 12.7. The van der Waals surface area contributed by atoms with Gasteiger partial charge in [-0.15, -0.1) is 11.8 Å². The Morgan fingerprint density at radius 1 is 1.35 bits per heavy atom. The number of H-pyrrole nitrogens is 1. The fourth-order valence-corrected chi connectivity index (χ4v) is 2.49. The Hall–Kier alpha value is -1.82. The second-order valence-electron chi connectivity index (χ2n) is 4.23. The SMILES string of the molecule is O=C(CCSc1ccc(F)cc1)NCCc1cnc[nH]1. The number of nitrogens with zero attached hydrogens (tertiary/aromatic N) is 1. The van der Waals surface area contributed by atoms with Crippen molar-refractivity contribution >= 4 is 17.7 Å². The fourth-order valence-electron chi connectivity index (χ4n) is 1.64. The van der Waals surface area contributed by atoms with Crippen LogP contribution >= 0.6 is 11.8 Å². The first kappa shape index (κ1) is 14.6. The van der Waals surface area contributed by atoms with E-state index in [0.29, 0.717) is 18.7 Å². The maximum absolute atomic E-state index is 12.7. The highest BCUT2D eigenvalue weighted by molar-refractivity contribution is 7.99. The molecule has 1 aromatic carbocycles. The van der Waals surface area contributed by atoms with Crippen molar-refractivity contribution in [2.45, 2.75) is 17.7 Å². The summed E-state index contributed by atoms with van der Waals surface area (Å²) in [6.07, 6.45) is 4.56. The number of amides is 1. The average Bonchev–Trinajstić information content (AvgIpc) is 2.94. The third-order valence-corrected chi connectivity index (χ3v) is 3.70. The summed E-state index contributed by atoms with van der Waals surface area (Å²) >= 11 is 1.54. The third kappa shape index (κ3) is 5.05. The molecule has 1 heterocycles. The molecule has 2 rings (SSSR count). The van der Waals surface area contributed by atoms with Gasteiger partial charge in [-0.05, 0) is 24.3 Å². The molecule has 6 heteroatoms. The van der Waals surface area contributed by atoms with E-state index in [1.165, 1.54) is 12.1 Å². The van der Waals surface area contributed by atoms with Crippen LogP contribution in [0.25, 0.3) is 0 Å². The molecule has 0 spiro atoms. The van der Waals surface area contributed by atoms with Gasteiger partial charge in [-0.2, -0.15) is 0 Å². The maximum atomic E-state index is 12.7.